The fourth-order valence-corrected chi connectivity index (χ4v) is 2.66. The van der Waals surface area contributed by atoms with Crippen LogP contribution in [-0.2, 0) is 9.53 Å². The minimum atomic E-state index is 0.103. The quantitative estimate of drug-likeness (QED) is 0.783. The SMILES string of the molecule is CC1(CN)CCN(C(=O)C2CCCOC2)CC1. The van der Waals surface area contributed by atoms with E-state index in [2.05, 4.69) is 6.92 Å². The second kappa shape index (κ2) is 5.36. The van der Waals surface area contributed by atoms with Gasteiger partial charge in [0.25, 0.3) is 0 Å². The largest absolute Gasteiger partial charge is 0.381 e. The van der Waals surface area contributed by atoms with Gasteiger partial charge in [-0.15, -0.1) is 0 Å². The molecule has 2 aliphatic rings. The molecule has 2 heterocycles. The van der Waals surface area contributed by atoms with E-state index in [1.807, 2.05) is 4.90 Å². The second-order valence-corrected chi connectivity index (χ2v) is 5.75. The molecule has 1 amide bonds. The number of rotatable bonds is 2. The summed E-state index contributed by atoms with van der Waals surface area (Å²) >= 11 is 0. The van der Waals surface area contributed by atoms with Gasteiger partial charge in [0.15, 0.2) is 0 Å². The van der Waals surface area contributed by atoms with Crippen LogP contribution in [0.15, 0.2) is 0 Å². The third-order valence-electron chi connectivity index (χ3n) is 4.28. The molecule has 0 radical (unpaired) electrons. The molecular weight excluding hydrogens is 216 g/mol. The van der Waals surface area contributed by atoms with Gasteiger partial charge in [0.1, 0.15) is 0 Å². The van der Waals surface area contributed by atoms with Crippen LogP contribution in [-0.4, -0.2) is 43.7 Å². The highest BCUT2D eigenvalue weighted by atomic mass is 16.5. The van der Waals surface area contributed by atoms with Crippen molar-refractivity contribution in [2.75, 3.05) is 32.8 Å². The lowest BCUT2D eigenvalue weighted by Crippen LogP contribution is -2.47. The highest BCUT2D eigenvalue weighted by Gasteiger charge is 2.33. The number of piperidine rings is 1. The van der Waals surface area contributed by atoms with E-state index in [4.69, 9.17) is 10.5 Å². The Morgan fingerprint density at radius 1 is 1.47 bits per heavy atom. The van der Waals surface area contributed by atoms with Crippen molar-refractivity contribution in [2.24, 2.45) is 17.1 Å². The Labute approximate surface area is 103 Å². The third-order valence-corrected chi connectivity index (χ3v) is 4.28. The summed E-state index contributed by atoms with van der Waals surface area (Å²) in [5.74, 6) is 0.398. The lowest BCUT2D eigenvalue weighted by molar-refractivity contribution is -0.141. The molecule has 0 bridgehead atoms. The number of ether oxygens (including phenoxy) is 1. The van der Waals surface area contributed by atoms with Gasteiger partial charge in [-0.05, 0) is 37.6 Å². The minimum absolute atomic E-state index is 0.103. The molecule has 17 heavy (non-hydrogen) atoms. The van der Waals surface area contributed by atoms with Crippen molar-refractivity contribution >= 4 is 5.91 Å². The van der Waals surface area contributed by atoms with Crippen molar-refractivity contribution in [1.82, 2.24) is 4.90 Å². The normalized spacial score (nSPS) is 29.1. The molecule has 2 saturated heterocycles. The number of carbonyl (C=O) groups is 1. The van der Waals surface area contributed by atoms with Crippen LogP contribution in [0.25, 0.3) is 0 Å². The Morgan fingerprint density at radius 3 is 2.71 bits per heavy atom. The number of nitrogens with zero attached hydrogens (tertiary/aromatic N) is 1. The highest BCUT2D eigenvalue weighted by Crippen LogP contribution is 2.30. The van der Waals surface area contributed by atoms with Gasteiger partial charge < -0.3 is 15.4 Å². The molecule has 4 heteroatoms. The lowest BCUT2D eigenvalue weighted by atomic mass is 9.80. The van der Waals surface area contributed by atoms with E-state index in [0.29, 0.717) is 12.5 Å². The molecule has 4 nitrogen and oxygen atoms in total. The average molecular weight is 240 g/mol. The molecule has 1 unspecified atom stereocenters. The summed E-state index contributed by atoms with van der Waals surface area (Å²) in [5, 5.41) is 0. The van der Waals surface area contributed by atoms with E-state index in [0.717, 1.165) is 51.9 Å². The predicted molar refractivity (Wildman–Crippen MR) is 66.5 cm³/mol. The van der Waals surface area contributed by atoms with Crippen LogP contribution in [0, 0.1) is 11.3 Å². The van der Waals surface area contributed by atoms with E-state index < -0.39 is 0 Å². The molecule has 1 atom stereocenters. The minimum Gasteiger partial charge on any atom is -0.381 e. The summed E-state index contributed by atoms with van der Waals surface area (Å²) in [7, 11) is 0. The zero-order valence-electron chi connectivity index (χ0n) is 10.8. The Bertz CT molecular complexity index is 267. The molecule has 0 aromatic carbocycles. The van der Waals surface area contributed by atoms with Gasteiger partial charge in [-0.25, -0.2) is 0 Å². The third kappa shape index (κ3) is 2.99. The van der Waals surface area contributed by atoms with Crippen molar-refractivity contribution < 1.29 is 9.53 Å². The molecule has 2 aliphatic heterocycles. The number of hydrogen-bond acceptors (Lipinski definition) is 3. The number of nitrogens with two attached hydrogens (primary N) is 1. The van der Waals surface area contributed by atoms with Crippen LogP contribution >= 0.6 is 0 Å². The molecular formula is C13H24N2O2. The Morgan fingerprint density at radius 2 is 2.18 bits per heavy atom. The van der Waals surface area contributed by atoms with Crippen LogP contribution in [0.4, 0.5) is 0 Å². The monoisotopic (exact) mass is 240 g/mol. The van der Waals surface area contributed by atoms with E-state index in [1.165, 1.54) is 0 Å². The molecule has 0 aliphatic carbocycles. The molecule has 0 saturated carbocycles. The van der Waals surface area contributed by atoms with E-state index in [9.17, 15) is 4.79 Å². The predicted octanol–water partition coefficient (Wildman–Crippen LogP) is 1.00. The van der Waals surface area contributed by atoms with Crippen LogP contribution in [0.5, 0.6) is 0 Å². The molecule has 0 aromatic rings. The topological polar surface area (TPSA) is 55.6 Å². The zero-order chi connectivity index (χ0) is 12.3. The number of likely N-dealkylation sites (tertiary alicyclic amines) is 1. The highest BCUT2D eigenvalue weighted by molar-refractivity contribution is 5.79. The summed E-state index contributed by atoms with van der Waals surface area (Å²) in [4.78, 5) is 14.3. The zero-order valence-corrected chi connectivity index (χ0v) is 10.8. The van der Waals surface area contributed by atoms with Crippen molar-refractivity contribution in [2.45, 2.75) is 32.6 Å². The van der Waals surface area contributed by atoms with E-state index in [-0.39, 0.29) is 11.3 Å². The number of amides is 1. The molecule has 2 N–H and O–H groups in total. The van der Waals surface area contributed by atoms with Gasteiger partial charge in [-0.1, -0.05) is 6.92 Å². The first kappa shape index (κ1) is 12.8. The van der Waals surface area contributed by atoms with Crippen LogP contribution in [0.3, 0.4) is 0 Å². The summed E-state index contributed by atoms with van der Waals surface area (Å²) < 4.78 is 5.39. The second-order valence-electron chi connectivity index (χ2n) is 5.75. The standard InChI is InChI=1S/C13H24N2O2/c1-13(10-14)4-6-15(7-5-13)12(16)11-3-2-8-17-9-11/h11H,2-10,14H2,1H3. The van der Waals surface area contributed by atoms with Gasteiger partial charge >= 0.3 is 0 Å². The summed E-state index contributed by atoms with van der Waals surface area (Å²) in [6.45, 7) is 6.10. The average Bonchev–Trinajstić information content (AvgIpc) is 2.40. The maximum absolute atomic E-state index is 12.3. The van der Waals surface area contributed by atoms with Crippen LogP contribution in [0.2, 0.25) is 0 Å². The Kier molecular flexibility index (Phi) is 4.05. The maximum atomic E-state index is 12.3. The van der Waals surface area contributed by atoms with Crippen LogP contribution in [0.1, 0.15) is 32.6 Å². The van der Waals surface area contributed by atoms with E-state index in [1.54, 1.807) is 0 Å². The summed E-state index contributed by atoms with van der Waals surface area (Å²) in [6, 6.07) is 0. The number of carbonyl (C=O) groups excluding carboxylic acids is 1. The molecule has 2 fully saturated rings. The fraction of sp³-hybridized carbons (Fsp3) is 0.923. The molecule has 0 aromatic heterocycles. The first-order valence-electron chi connectivity index (χ1n) is 6.71. The molecule has 98 valence electrons. The molecule has 2 rings (SSSR count). The van der Waals surface area contributed by atoms with Gasteiger partial charge in [0.2, 0.25) is 5.91 Å². The summed E-state index contributed by atoms with van der Waals surface area (Å²) in [5.41, 5.74) is 6.01. The van der Waals surface area contributed by atoms with Gasteiger partial charge in [0.05, 0.1) is 12.5 Å². The van der Waals surface area contributed by atoms with Crippen molar-refractivity contribution in [3.8, 4) is 0 Å². The van der Waals surface area contributed by atoms with E-state index >= 15 is 0 Å². The first-order chi connectivity index (χ1) is 8.14. The van der Waals surface area contributed by atoms with Crippen LogP contribution < -0.4 is 5.73 Å². The first-order valence-corrected chi connectivity index (χ1v) is 6.71. The van der Waals surface area contributed by atoms with Gasteiger partial charge in [0, 0.05) is 19.7 Å². The van der Waals surface area contributed by atoms with Crippen molar-refractivity contribution in [3.63, 3.8) is 0 Å². The molecule has 0 spiro atoms. The van der Waals surface area contributed by atoms with Gasteiger partial charge in [-0.2, -0.15) is 0 Å². The summed E-state index contributed by atoms with van der Waals surface area (Å²) in [6.07, 6.45) is 4.07. The smallest absolute Gasteiger partial charge is 0.228 e. The Balaban J connectivity index is 1.85. The Hall–Kier alpha value is -0.610. The number of hydrogen-bond donors (Lipinski definition) is 1. The van der Waals surface area contributed by atoms with Crippen molar-refractivity contribution in [3.05, 3.63) is 0 Å². The fourth-order valence-electron chi connectivity index (χ4n) is 2.66. The maximum Gasteiger partial charge on any atom is 0.228 e. The lowest BCUT2D eigenvalue weighted by Gasteiger charge is -2.40. The van der Waals surface area contributed by atoms with Crippen molar-refractivity contribution in [1.29, 1.82) is 0 Å². The van der Waals surface area contributed by atoms with Gasteiger partial charge in [-0.3, -0.25) is 4.79 Å².